The summed E-state index contributed by atoms with van der Waals surface area (Å²) in [5, 5.41) is 3.31. The van der Waals surface area contributed by atoms with E-state index in [4.69, 9.17) is 4.74 Å². The zero-order valence-corrected chi connectivity index (χ0v) is 10.9. The van der Waals surface area contributed by atoms with E-state index in [1.165, 1.54) is 0 Å². The van der Waals surface area contributed by atoms with E-state index >= 15 is 0 Å². The molecule has 1 aromatic heterocycles. The van der Waals surface area contributed by atoms with Crippen LogP contribution in [-0.4, -0.2) is 16.2 Å². The SMILES string of the molecule is CCCn1ccnc1Nc1cccc(OCC)c1. The van der Waals surface area contributed by atoms with Gasteiger partial charge in [0.05, 0.1) is 6.61 Å². The lowest BCUT2D eigenvalue weighted by atomic mass is 10.3. The molecule has 96 valence electrons. The summed E-state index contributed by atoms with van der Waals surface area (Å²) in [6, 6.07) is 7.91. The van der Waals surface area contributed by atoms with Gasteiger partial charge in [0.1, 0.15) is 5.75 Å². The average molecular weight is 245 g/mol. The quantitative estimate of drug-likeness (QED) is 0.847. The third-order valence-corrected chi connectivity index (χ3v) is 2.58. The highest BCUT2D eigenvalue weighted by Crippen LogP contribution is 2.20. The number of anilines is 2. The second-order valence-corrected chi connectivity index (χ2v) is 4.03. The normalized spacial score (nSPS) is 10.3. The molecule has 0 bridgehead atoms. The molecule has 0 unspecified atom stereocenters. The highest BCUT2D eigenvalue weighted by Gasteiger charge is 2.03. The minimum absolute atomic E-state index is 0.675. The molecule has 18 heavy (non-hydrogen) atoms. The summed E-state index contributed by atoms with van der Waals surface area (Å²) >= 11 is 0. The Hall–Kier alpha value is -1.97. The van der Waals surface area contributed by atoms with Crippen LogP contribution in [0, 0.1) is 0 Å². The number of imidazole rings is 1. The number of hydrogen-bond acceptors (Lipinski definition) is 3. The number of ether oxygens (including phenoxy) is 1. The van der Waals surface area contributed by atoms with E-state index in [2.05, 4.69) is 21.8 Å². The van der Waals surface area contributed by atoms with E-state index in [0.29, 0.717) is 6.61 Å². The molecule has 0 aliphatic carbocycles. The van der Waals surface area contributed by atoms with E-state index in [0.717, 1.165) is 30.4 Å². The standard InChI is InChI=1S/C14H19N3O/c1-3-9-17-10-8-15-14(17)16-12-6-5-7-13(11-12)18-4-2/h5-8,10-11H,3-4,9H2,1-2H3,(H,15,16). The number of aromatic nitrogens is 2. The van der Waals surface area contributed by atoms with Gasteiger partial charge in [0.15, 0.2) is 0 Å². The molecular formula is C14H19N3O. The maximum absolute atomic E-state index is 5.48. The van der Waals surface area contributed by atoms with E-state index in [1.807, 2.05) is 43.6 Å². The van der Waals surface area contributed by atoms with Gasteiger partial charge in [-0.25, -0.2) is 4.98 Å². The minimum Gasteiger partial charge on any atom is -0.494 e. The zero-order chi connectivity index (χ0) is 12.8. The molecule has 4 heteroatoms. The van der Waals surface area contributed by atoms with E-state index in [9.17, 15) is 0 Å². The lowest BCUT2D eigenvalue weighted by molar-refractivity contribution is 0.340. The van der Waals surface area contributed by atoms with Crippen molar-refractivity contribution in [2.45, 2.75) is 26.8 Å². The molecular weight excluding hydrogens is 226 g/mol. The predicted octanol–water partition coefficient (Wildman–Crippen LogP) is 3.44. The Labute approximate surface area is 108 Å². The molecule has 0 aliphatic rings. The Balaban J connectivity index is 2.12. The van der Waals surface area contributed by atoms with Crippen LogP contribution in [0.15, 0.2) is 36.7 Å². The van der Waals surface area contributed by atoms with Crippen molar-refractivity contribution in [3.8, 4) is 5.75 Å². The Morgan fingerprint density at radius 2 is 2.22 bits per heavy atom. The van der Waals surface area contributed by atoms with Gasteiger partial charge >= 0.3 is 0 Å². The van der Waals surface area contributed by atoms with E-state index < -0.39 is 0 Å². The van der Waals surface area contributed by atoms with E-state index in [1.54, 1.807) is 0 Å². The summed E-state index contributed by atoms with van der Waals surface area (Å²) in [5.74, 6) is 1.74. The van der Waals surface area contributed by atoms with E-state index in [-0.39, 0.29) is 0 Å². The highest BCUT2D eigenvalue weighted by molar-refractivity contribution is 5.56. The molecule has 0 fully saturated rings. The van der Waals surface area contributed by atoms with Gasteiger partial charge in [-0.05, 0) is 25.5 Å². The van der Waals surface area contributed by atoms with Gasteiger partial charge in [-0.1, -0.05) is 13.0 Å². The summed E-state index contributed by atoms with van der Waals surface area (Å²) in [5.41, 5.74) is 0.990. The lowest BCUT2D eigenvalue weighted by Crippen LogP contribution is -2.03. The minimum atomic E-state index is 0.675. The fraction of sp³-hybridized carbons (Fsp3) is 0.357. The number of hydrogen-bond donors (Lipinski definition) is 1. The summed E-state index contributed by atoms with van der Waals surface area (Å²) in [6.07, 6.45) is 4.88. The number of aryl methyl sites for hydroxylation is 1. The van der Waals surface area contributed by atoms with Crippen LogP contribution in [-0.2, 0) is 6.54 Å². The highest BCUT2D eigenvalue weighted by atomic mass is 16.5. The van der Waals surface area contributed by atoms with Crippen LogP contribution >= 0.6 is 0 Å². The van der Waals surface area contributed by atoms with Crippen LogP contribution in [0.4, 0.5) is 11.6 Å². The van der Waals surface area contributed by atoms with Gasteiger partial charge in [0.25, 0.3) is 0 Å². The molecule has 4 nitrogen and oxygen atoms in total. The predicted molar refractivity (Wildman–Crippen MR) is 73.4 cm³/mol. The van der Waals surface area contributed by atoms with Crippen LogP contribution in [0.2, 0.25) is 0 Å². The number of nitrogens with zero attached hydrogens (tertiary/aromatic N) is 2. The van der Waals surface area contributed by atoms with Gasteiger partial charge in [-0.3, -0.25) is 0 Å². The van der Waals surface area contributed by atoms with Crippen molar-refractivity contribution >= 4 is 11.6 Å². The number of benzene rings is 1. The molecule has 0 saturated carbocycles. The molecule has 0 radical (unpaired) electrons. The van der Waals surface area contributed by atoms with Crippen molar-refractivity contribution in [3.63, 3.8) is 0 Å². The Kier molecular flexibility index (Phi) is 4.23. The summed E-state index contributed by atoms with van der Waals surface area (Å²) < 4.78 is 7.58. The van der Waals surface area contributed by atoms with Crippen molar-refractivity contribution in [2.75, 3.05) is 11.9 Å². The van der Waals surface area contributed by atoms with Crippen LogP contribution in [0.3, 0.4) is 0 Å². The first-order chi connectivity index (χ1) is 8.83. The summed E-state index contributed by atoms with van der Waals surface area (Å²) in [7, 11) is 0. The summed E-state index contributed by atoms with van der Waals surface area (Å²) in [6.45, 7) is 5.77. The third kappa shape index (κ3) is 3.03. The van der Waals surface area contributed by atoms with Crippen molar-refractivity contribution in [3.05, 3.63) is 36.7 Å². The molecule has 1 aromatic carbocycles. The average Bonchev–Trinajstić information content (AvgIpc) is 2.78. The smallest absolute Gasteiger partial charge is 0.207 e. The van der Waals surface area contributed by atoms with Crippen LogP contribution in [0.1, 0.15) is 20.3 Å². The largest absolute Gasteiger partial charge is 0.494 e. The molecule has 0 spiro atoms. The summed E-state index contributed by atoms with van der Waals surface area (Å²) in [4.78, 5) is 4.32. The number of rotatable bonds is 6. The number of nitrogens with one attached hydrogen (secondary N) is 1. The molecule has 1 N–H and O–H groups in total. The Bertz CT molecular complexity index is 493. The monoisotopic (exact) mass is 245 g/mol. The van der Waals surface area contributed by atoms with Crippen LogP contribution < -0.4 is 10.1 Å². The van der Waals surface area contributed by atoms with Gasteiger partial charge < -0.3 is 14.6 Å². The molecule has 0 saturated heterocycles. The maximum atomic E-state index is 5.48. The zero-order valence-electron chi connectivity index (χ0n) is 10.9. The molecule has 1 heterocycles. The fourth-order valence-corrected chi connectivity index (χ4v) is 1.81. The molecule has 2 rings (SSSR count). The van der Waals surface area contributed by atoms with Gasteiger partial charge in [0.2, 0.25) is 5.95 Å². The first-order valence-corrected chi connectivity index (χ1v) is 6.34. The molecule has 0 atom stereocenters. The molecule has 0 aliphatic heterocycles. The maximum Gasteiger partial charge on any atom is 0.207 e. The van der Waals surface area contributed by atoms with Gasteiger partial charge in [-0.15, -0.1) is 0 Å². The van der Waals surface area contributed by atoms with Gasteiger partial charge in [0, 0.05) is 30.7 Å². The van der Waals surface area contributed by atoms with Crippen molar-refractivity contribution in [1.82, 2.24) is 9.55 Å². The second-order valence-electron chi connectivity index (χ2n) is 4.03. The first kappa shape index (κ1) is 12.5. The topological polar surface area (TPSA) is 39.1 Å². The Morgan fingerprint density at radius 1 is 1.33 bits per heavy atom. The van der Waals surface area contributed by atoms with Crippen molar-refractivity contribution in [1.29, 1.82) is 0 Å². The van der Waals surface area contributed by atoms with Crippen LogP contribution in [0.5, 0.6) is 5.75 Å². The lowest BCUT2D eigenvalue weighted by Gasteiger charge is -2.10. The van der Waals surface area contributed by atoms with Crippen LogP contribution in [0.25, 0.3) is 0 Å². The van der Waals surface area contributed by atoms with Crippen molar-refractivity contribution in [2.24, 2.45) is 0 Å². The second kappa shape index (κ2) is 6.10. The molecule has 0 amide bonds. The molecule has 2 aromatic rings. The first-order valence-electron chi connectivity index (χ1n) is 6.34. The third-order valence-electron chi connectivity index (χ3n) is 2.58. The van der Waals surface area contributed by atoms with Crippen molar-refractivity contribution < 1.29 is 4.74 Å². The van der Waals surface area contributed by atoms with Gasteiger partial charge in [-0.2, -0.15) is 0 Å². The Morgan fingerprint density at radius 3 is 3.00 bits per heavy atom. The fourth-order valence-electron chi connectivity index (χ4n) is 1.81.